The molecule has 0 aliphatic carbocycles. The van der Waals surface area contributed by atoms with Gasteiger partial charge in [0.2, 0.25) is 6.79 Å². The van der Waals surface area contributed by atoms with E-state index in [9.17, 15) is 9.18 Å². The van der Waals surface area contributed by atoms with Gasteiger partial charge in [-0.3, -0.25) is 4.79 Å². The second-order valence-electron chi connectivity index (χ2n) is 5.88. The van der Waals surface area contributed by atoms with Crippen molar-refractivity contribution in [1.29, 1.82) is 0 Å². The van der Waals surface area contributed by atoms with E-state index >= 15 is 0 Å². The highest BCUT2D eigenvalue weighted by Crippen LogP contribution is 2.33. The highest BCUT2D eigenvalue weighted by molar-refractivity contribution is 6.05. The molecule has 2 aliphatic rings. The van der Waals surface area contributed by atoms with E-state index < -0.39 is 5.82 Å². The number of amides is 1. The van der Waals surface area contributed by atoms with Crippen molar-refractivity contribution in [2.24, 2.45) is 0 Å². The van der Waals surface area contributed by atoms with Gasteiger partial charge in [-0.1, -0.05) is 0 Å². The third kappa shape index (κ3) is 2.75. The summed E-state index contributed by atoms with van der Waals surface area (Å²) in [6.07, 6.45) is 2.27. The van der Waals surface area contributed by atoms with Crippen LogP contribution in [0.1, 0.15) is 23.2 Å². The number of benzene rings is 2. The van der Waals surface area contributed by atoms with Gasteiger partial charge in [0.05, 0.1) is 5.69 Å². The summed E-state index contributed by atoms with van der Waals surface area (Å²) in [5, 5.41) is 2.64. The van der Waals surface area contributed by atoms with Crippen LogP contribution in [0.2, 0.25) is 0 Å². The van der Waals surface area contributed by atoms with Crippen molar-refractivity contribution >= 4 is 17.3 Å². The SMILES string of the molecule is O=C(Nc1cc(N2CCCC2)ccc1F)c1ccc2c(c1)OCO2. The Morgan fingerprint density at radius 2 is 1.83 bits per heavy atom. The maximum Gasteiger partial charge on any atom is 0.255 e. The predicted octanol–water partition coefficient (Wildman–Crippen LogP) is 3.41. The number of carbonyl (C=O) groups excluding carboxylic acids is 1. The van der Waals surface area contributed by atoms with Gasteiger partial charge in [0, 0.05) is 24.3 Å². The maximum absolute atomic E-state index is 14.1. The molecule has 4 rings (SSSR count). The average Bonchev–Trinajstić information content (AvgIpc) is 3.27. The topological polar surface area (TPSA) is 50.8 Å². The Balaban J connectivity index is 1.55. The van der Waals surface area contributed by atoms with Crippen molar-refractivity contribution in [3.63, 3.8) is 0 Å². The summed E-state index contributed by atoms with van der Waals surface area (Å²) in [5.74, 6) is 0.292. The number of hydrogen-bond donors (Lipinski definition) is 1. The Morgan fingerprint density at radius 1 is 1.04 bits per heavy atom. The number of rotatable bonds is 3. The zero-order valence-corrected chi connectivity index (χ0v) is 13.0. The molecule has 124 valence electrons. The lowest BCUT2D eigenvalue weighted by Gasteiger charge is -2.19. The lowest BCUT2D eigenvalue weighted by Crippen LogP contribution is -2.18. The fourth-order valence-corrected chi connectivity index (χ4v) is 3.01. The molecule has 0 bridgehead atoms. The first-order valence-corrected chi connectivity index (χ1v) is 7.96. The molecule has 0 atom stereocenters. The molecule has 2 aromatic rings. The molecule has 1 saturated heterocycles. The van der Waals surface area contributed by atoms with E-state index in [1.54, 1.807) is 30.3 Å². The van der Waals surface area contributed by atoms with Crippen LogP contribution >= 0.6 is 0 Å². The van der Waals surface area contributed by atoms with Crippen LogP contribution in [-0.2, 0) is 0 Å². The van der Waals surface area contributed by atoms with Crippen LogP contribution in [0.15, 0.2) is 36.4 Å². The third-order valence-corrected chi connectivity index (χ3v) is 4.30. The van der Waals surface area contributed by atoms with Gasteiger partial charge in [0.1, 0.15) is 5.82 Å². The summed E-state index contributed by atoms with van der Waals surface area (Å²) in [7, 11) is 0. The minimum atomic E-state index is -0.452. The summed E-state index contributed by atoms with van der Waals surface area (Å²) in [5.41, 5.74) is 1.50. The van der Waals surface area contributed by atoms with Crippen LogP contribution in [0.3, 0.4) is 0 Å². The quantitative estimate of drug-likeness (QED) is 0.938. The Labute approximate surface area is 139 Å². The van der Waals surface area contributed by atoms with E-state index in [0.29, 0.717) is 17.1 Å². The van der Waals surface area contributed by atoms with E-state index in [1.807, 2.05) is 0 Å². The van der Waals surface area contributed by atoms with E-state index in [4.69, 9.17) is 9.47 Å². The number of halogens is 1. The zero-order chi connectivity index (χ0) is 16.5. The minimum absolute atomic E-state index is 0.146. The molecular weight excluding hydrogens is 311 g/mol. The summed E-state index contributed by atoms with van der Waals surface area (Å²) < 4.78 is 24.6. The van der Waals surface area contributed by atoms with Crippen LogP contribution < -0.4 is 19.7 Å². The van der Waals surface area contributed by atoms with Crippen molar-refractivity contribution in [2.75, 3.05) is 30.1 Å². The number of ether oxygens (including phenoxy) is 2. The standard InChI is InChI=1S/C18H17FN2O3/c19-14-5-4-13(21-7-1-2-8-21)10-15(14)20-18(22)12-3-6-16-17(9-12)24-11-23-16/h3-6,9-10H,1-2,7-8,11H2,(H,20,22). The first-order chi connectivity index (χ1) is 11.7. The molecule has 1 N–H and O–H groups in total. The van der Waals surface area contributed by atoms with Gasteiger partial charge < -0.3 is 19.7 Å². The lowest BCUT2D eigenvalue weighted by molar-refractivity contribution is 0.102. The van der Waals surface area contributed by atoms with E-state index in [1.165, 1.54) is 6.07 Å². The normalized spacial score (nSPS) is 15.6. The number of hydrogen-bond acceptors (Lipinski definition) is 4. The zero-order valence-electron chi connectivity index (χ0n) is 13.0. The Bertz CT molecular complexity index is 788. The van der Waals surface area contributed by atoms with Crippen molar-refractivity contribution in [3.05, 3.63) is 47.8 Å². The Hall–Kier alpha value is -2.76. The van der Waals surface area contributed by atoms with E-state index in [-0.39, 0.29) is 18.4 Å². The summed E-state index contributed by atoms with van der Waals surface area (Å²) in [4.78, 5) is 14.6. The molecule has 0 unspecified atom stereocenters. The fraction of sp³-hybridized carbons (Fsp3) is 0.278. The average molecular weight is 328 g/mol. The van der Waals surface area contributed by atoms with Gasteiger partial charge in [-0.25, -0.2) is 4.39 Å². The second-order valence-corrected chi connectivity index (χ2v) is 5.88. The number of nitrogens with one attached hydrogen (secondary N) is 1. The molecular formula is C18H17FN2O3. The van der Waals surface area contributed by atoms with Crippen LogP contribution in [0, 0.1) is 5.82 Å². The lowest BCUT2D eigenvalue weighted by atomic mass is 10.1. The maximum atomic E-state index is 14.1. The number of anilines is 2. The molecule has 1 amide bonds. The highest BCUT2D eigenvalue weighted by atomic mass is 19.1. The van der Waals surface area contributed by atoms with Gasteiger partial charge in [-0.15, -0.1) is 0 Å². The number of nitrogens with zero attached hydrogens (tertiary/aromatic N) is 1. The summed E-state index contributed by atoms with van der Waals surface area (Å²) in [6.45, 7) is 2.06. The number of fused-ring (bicyclic) bond motifs is 1. The first kappa shape index (κ1) is 14.8. The predicted molar refractivity (Wildman–Crippen MR) is 88.4 cm³/mol. The van der Waals surface area contributed by atoms with Gasteiger partial charge in [-0.05, 0) is 49.2 Å². The van der Waals surface area contributed by atoms with E-state index in [2.05, 4.69) is 10.2 Å². The molecule has 0 spiro atoms. The van der Waals surface area contributed by atoms with Crippen LogP contribution in [-0.4, -0.2) is 25.8 Å². The number of carbonyl (C=O) groups is 1. The van der Waals surface area contributed by atoms with Crippen LogP contribution in [0.25, 0.3) is 0 Å². The smallest absolute Gasteiger partial charge is 0.255 e. The molecule has 1 fully saturated rings. The molecule has 0 radical (unpaired) electrons. The second kappa shape index (κ2) is 6.03. The van der Waals surface area contributed by atoms with Crippen molar-refractivity contribution in [1.82, 2.24) is 0 Å². The molecule has 5 nitrogen and oxygen atoms in total. The minimum Gasteiger partial charge on any atom is -0.454 e. The van der Waals surface area contributed by atoms with Crippen LogP contribution in [0.4, 0.5) is 15.8 Å². The molecule has 24 heavy (non-hydrogen) atoms. The van der Waals surface area contributed by atoms with Crippen molar-refractivity contribution in [3.8, 4) is 11.5 Å². The van der Waals surface area contributed by atoms with Crippen molar-refractivity contribution < 1.29 is 18.7 Å². The monoisotopic (exact) mass is 328 g/mol. The van der Waals surface area contributed by atoms with Crippen molar-refractivity contribution in [2.45, 2.75) is 12.8 Å². The van der Waals surface area contributed by atoms with Crippen LogP contribution in [0.5, 0.6) is 11.5 Å². The molecule has 6 heteroatoms. The summed E-state index contributed by atoms with van der Waals surface area (Å²) >= 11 is 0. The molecule has 2 heterocycles. The fourth-order valence-electron chi connectivity index (χ4n) is 3.01. The Kier molecular flexibility index (Phi) is 3.72. The first-order valence-electron chi connectivity index (χ1n) is 7.96. The molecule has 0 saturated carbocycles. The van der Waals surface area contributed by atoms with Gasteiger partial charge in [0.15, 0.2) is 11.5 Å². The van der Waals surface area contributed by atoms with Gasteiger partial charge in [-0.2, -0.15) is 0 Å². The van der Waals surface area contributed by atoms with Gasteiger partial charge in [0.25, 0.3) is 5.91 Å². The molecule has 0 aromatic heterocycles. The Morgan fingerprint density at radius 3 is 2.67 bits per heavy atom. The third-order valence-electron chi connectivity index (χ3n) is 4.30. The largest absolute Gasteiger partial charge is 0.454 e. The molecule has 2 aromatic carbocycles. The molecule has 2 aliphatic heterocycles. The highest BCUT2D eigenvalue weighted by Gasteiger charge is 2.18. The van der Waals surface area contributed by atoms with Gasteiger partial charge >= 0.3 is 0 Å². The summed E-state index contributed by atoms with van der Waals surface area (Å²) in [6, 6.07) is 9.73. The van der Waals surface area contributed by atoms with E-state index in [0.717, 1.165) is 31.6 Å².